The smallest absolute Gasteiger partial charge is 0.220 e. The van der Waals surface area contributed by atoms with Gasteiger partial charge in [0.05, 0.1) is 6.04 Å². The molecule has 2 aromatic rings. The zero-order valence-electron chi connectivity index (χ0n) is 13.1. The van der Waals surface area contributed by atoms with Gasteiger partial charge in [0.15, 0.2) is 0 Å². The van der Waals surface area contributed by atoms with Gasteiger partial charge in [-0.2, -0.15) is 0 Å². The van der Waals surface area contributed by atoms with Gasteiger partial charge >= 0.3 is 0 Å². The molecule has 22 heavy (non-hydrogen) atoms. The fraction of sp³-hybridized carbons (Fsp3) is 0.316. The summed E-state index contributed by atoms with van der Waals surface area (Å²) in [4.78, 5) is 12.2. The van der Waals surface area contributed by atoms with Crippen LogP contribution in [0.1, 0.15) is 37.4 Å². The number of benzene rings is 2. The van der Waals surface area contributed by atoms with Crippen molar-refractivity contribution in [3.63, 3.8) is 0 Å². The first-order valence-corrected chi connectivity index (χ1v) is 7.65. The molecule has 1 N–H and O–H groups in total. The van der Waals surface area contributed by atoms with Gasteiger partial charge in [-0.05, 0) is 35.6 Å². The van der Waals surface area contributed by atoms with Crippen LogP contribution in [0.3, 0.4) is 0 Å². The minimum atomic E-state index is -0.253. The Morgan fingerprint density at radius 2 is 1.68 bits per heavy atom. The second-order valence-electron chi connectivity index (χ2n) is 5.83. The van der Waals surface area contributed by atoms with Crippen molar-refractivity contribution in [3.05, 3.63) is 71.5 Å². The van der Waals surface area contributed by atoms with Crippen LogP contribution in [0.4, 0.5) is 4.39 Å². The van der Waals surface area contributed by atoms with Crippen molar-refractivity contribution in [3.8, 4) is 0 Å². The van der Waals surface area contributed by atoms with E-state index >= 15 is 0 Å². The van der Waals surface area contributed by atoms with Gasteiger partial charge < -0.3 is 5.32 Å². The molecule has 116 valence electrons. The number of hydrogen-bond acceptors (Lipinski definition) is 1. The number of carbonyl (C=O) groups is 1. The van der Waals surface area contributed by atoms with Gasteiger partial charge in [-0.3, -0.25) is 4.79 Å². The van der Waals surface area contributed by atoms with Gasteiger partial charge in [-0.15, -0.1) is 0 Å². The first-order chi connectivity index (χ1) is 10.6. The van der Waals surface area contributed by atoms with Crippen molar-refractivity contribution in [2.75, 3.05) is 0 Å². The molecule has 1 atom stereocenters. The number of rotatable bonds is 6. The lowest BCUT2D eigenvalue weighted by Crippen LogP contribution is -2.31. The molecule has 0 heterocycles. The van der Waals surface area contributed by atoms with E-state index in [1.54, 1.807) is 12.1 Å². The highest BCUT2D eigenvalue weighted by Gasteiger charge is 2.17. The van der Waals surface area contributed by atoms with Crippen LogP contribution in [0.5, 0.6) is 0 Å². The zero-order valence-corrected chi connectivity index (χ0v) is 13.1. The molecule has 1 unspecified atom stereocenters. The van der Waals surface area contributed by atoms with Crippen LogP contribution < -0.4 is 5.32 Å². The zero-order chi connectivity index (χ0) is 15.9. The lowest BCUT2D eigenvalue weighted by Gasteiger charge is -2.23. The Hall–Kier alpha value is -2.16. The van der Waals surface area contributed by atoms with Crippen molar-refractivity contribution >= 4 is 5.91 Å². The highest BCUT2D eigenvalue weighted by Crippen LogP contribution is 2.21. The summed E-state index contributed by atoms with van der Waals surface area (Å²) in [6, 6.07) is 16.3. The average Bonchev–Trinajstić information content (AvgIpc) is 2.52. The molecule has 0 aliphatic heterocycles. The highest BCUT2D eigenvalue weighted by atomic mass is 19.1. The van der Waals surface area contributed by atoms with Crippen LogP contribution in [-0.4, -0.2) is 5.91 Å². The number of hydrogen-bond donors (Lipinski definition) is 1. The number of aryl methyl sites for hydroxylation is 1. The minimum Gasteiger partial charge on any atom is -0.349 e. The van der Waals surface area contributed by atoms with E-state index in [1.165, 1.54) is 12.1 Å². The largest absolute Gasteiger partial charge is 0.349 e. The third-order valence-corrected chi connectivity index (χ3v) is 3.70. The van der Waals surface area contributed by atoms with Crippen LogP contribution in [0.15, 0.2) is 54.6 Å². The summed E-state index contributed by atoms with van der Waals surface area (Å²) in [6.45, 7) is 4.19. The maximum absolute atomic E-state index is 12.9. The van der Waals surface area contributed by atoms with Crippen molar-refractivity contribution in [1.82, 2.24) is 5.32 Å². The Bertz CT molecular complexity index is 593. The molecule has 0 bridgehead atoms. The quantitative estimate of drug-likeness (QED) is 0.848. The highest BCUT2D eigenvalue weighted by molar-refractivity contribution is 5.76. The van der Waals surface area contributed by atoms with Crippen molar-refractivity contribution in [2.24, 2.45) is 5.92 Å². The molecule has 0 fully saturated rings. The molecular formula is C19H22FNO. The van der Waals surface area contributed by atoms with E-state index in [1.807, 2.05) is 30.3 Å². The topological polar surface area (TPSA) is 29.1 Å². The van der Waals surface area contributed by atoms with Crippen molar-refractivity contribution < 1.29 is 9.18 Å². The van der Waals surface area contributed by atoms with E-state index in [-0.39, 0.29) is 17.8 Å². The summed E-state index contributed by atoms with van der Waals surface area (Å²) in [5.41, 5.74) is 2.09. The van der Waals surface area contributed by atoms with Gasteiger partial charge in [-0.1, -0.05) is 56.3 Å². The van der Waals surface area contributed by atoms with Crippen LogP contribution in [0, 0.1) is 11.7 Å². The summed E-state index contributed by atoms with van der Waals surface area (Å²) in [5, 5.41) is 3.10. The molecule has 0 saturated carbocycles. The summed E-state index contributed by atoms with van der Waals surface area (Å²) in [6.07, 6.45) is 1.02. The molecule has 2 nitrogen and oxygen atoms in total. The van der Waals surface area contributed by atoms with Crippen LogP contribution >= 0.6 is 0 Å². The molecular weight excluding hydrogens is 277 g/mol. The van der Waals surface area contributed by atoms with Gasteiger partial charge in [0.1, 0.15) is 5.82 Å². The number of amides is 1. The predicted octanol–water partition coefficient (Wildman–Crippen LogP) is 4.27. The summed E-state index contributed by atoms with van der Waals surface area (Å²) in [5.74, 6) is 0.0844. The Labute approximate surface area is 131 Å². The Morgan fingerprint density at radius 1 is 1.05 bits per heavy atom. The molecule has 0 aromatic heterocycles. The molecule has 0 radical (unpaired) electrons. The van der Waals surface area contributed by atoms with E-state index in [0.29, 0.717) is 18.8 Å². The Balaban J connectivity index is 1.93. The summed E-state index contributed by atoms with van der Waals surface area (Å²) in [7, 11) is 0. The van der Waals surface area contributed by atoms with E-state index < -0.39 is 0 Å². The monoisotopic (exact) mass is 299 g/mol. The number of nitrogens with one attached hydrogen (secondary N) is 1. The van der Waals surface area contributed by atoms with Crippen LogP contribution in [0.25, 0.3) is 0 Å². The molecule has 3 heteroatoms. The molecule has 0 saturated heterocycles. The van der Waals surface area contributed by atoms with E-state index in [4.69, 9.17) is 0 Å². The lowest BCUT2D eigenvalue weighted by atomic mass is 9.96. The normalized spacial score (nSPS) is 12.2. The maximum Gasteiger partial charge on any atom is 0.220 e. The molecule has 2 aromatic carbocycles. The summed E-state index contributed by atoms with van der Waals surface area (Å²) < 4.78 is 12.9. The van der Waals surface area contributed by atoms with Gasteiger partial charge in [-0.25, -0.2) is 4.39 Å². The Morgan fingerprint density at radius 3 is 2.27 bits per heavy atom. The first-order valence-electron chi connectivity index (χ1n) is 7.65. The molecule has 0 aliphatic carbocycles. The van der Waals surface area contributed by atoms with Crippen molar-refractivity contribution in [1.29, 1.82) is 0 Å². The third-order valence-electron chi connectivity index (χ3n) is 3.70. The maximum atomic E-state index is 12.9. The predicted molar refractivity (Wildman–Crippen MR) is 86.9 cm³/mol. The second-order valence-corrected chi connectivity index (χ2v) is 5.83. The first kappa shape index (κ1) is 16.2. The minimum absolute atomic E-state index is 0.0157. The average molecular weight is 299 g/mol. The van der Waals surface area contributed by atoms with E-state index in [0.717, 1.165) is 11.1 Å². The third kappa shape index (κ3) is 4.69. The fourth-order valence-electron chi connectivity index (χ4n) is 2.45. The number of halogens is 1. The molecule has 1 amide bonds. The van der Waals surface area contributed by atoms with E-state index in [2.05, 4.69) is 19.2 Å². The number of carbonyl (C=O) groups excluding carboxylic acids is 1. The molecule has 2 rings (SSSR count). The van der Waals surface area contributed by atoms with Crippen LogP contribution in [-0.2, 0) is 11.2 Å². The molecule has 0 aliphatic rings. The van der Waals surface area contributed by atoms with Crippen LogP contribution in [0.2, 0.25) is 0 Å². The Kier molecular flexibility index (Phi) is 5.70. The van der Waals surface area contributed by atoms with E-state index in [9.17, 15) is 9.18 Å². The SMILES string of the molecule is CC(C)C(NC(=O)CCc1ccc(F)cc1)c1ccccc1. The standard InChI is InChI=1S/C19H22FNO/c1-14(2)19(16-6-4-3-5-7-16)21-18(22)13-10-15-8-11-17(20)12-9-15/h3-9,11-12,14,19H,10,13H2,1-2H3,(H,21,22). The fourth-order valence-corrected chi connectivity index (χ4v) is 2.45. The van der Waals surface area contributed by atoms with Crippen molar-refractivity contribution in [2.45, 2.75) is 32.7 Å². The lowest BCUT2D eigenvalue weighted by molar-refractivity contribution is -0.122. The van der Waals surface area contributed by atoms with Gasteiger partial charge in [0.25, 0.3) is 0 Å². The summed E-state index contributed by atoms with van der Waals surface area (Å²) >= 11 is 0. The molecule has 0 spiro atoms. The van der Waals surface area contributed by atoms with Gasteiger partial charge in [0.2, 0.25) is 5.91 Å². The second kappa shape index (κ2) is 7.74. The van der Waals surface area contributed by atoms with Gasteiger partial charge in [0, 0.05) is 6.42 Å².